The molecule has 0 aliphatic carbocycles. The quantitative estimate of drug-likeness (QED) is 0.605. The highest BCUT2D eigenvalue weighted by Gasteiger charge is 2.37. The predicted octanol–water partition coefficient (Wildman–Crippen LogP) is 0.518. The van der Waals surface area contributed by atoms with E-state index in [1.807, 2.05) is 6.92 Å². The zero-order valence-electron chi connectivity index (χ0n) is 8.01. The third kappa shape index (κ3) is 6.17. The van der Waals surface area contributed by atoms with Crippen molar-refractivity contribution in [2.24, 2.45) is 5.92 Å². The molecular formula is C8H16F3NO2. The average molecular weight is 215 g/mol. The monoisotopic (exact) mass is 215 g/mol. The molecule has 0 amide bonds. The summed E-state index contributed by atoms with van der Waals surface area (Å²) in [5, 5.41) is 19.6. The van der Waals surface area contributed by atoms with Crippen molar-refractivity contribution in [1.82, 2.24) is 5.32 Å². The Morgan fingerprint density at radius 1 is 1.29 bits per heavy atom. The second kappa shape index (κ2) is 6.21. The van der Waals surface area contributed by atoms with Crippen LogP contribution in [0.5, 0.6) is 0 Å². The van der Waals surface area contributed by atoms with E-state index in [1.165, 1.54) is 0 Å². The Kier molecular flexibility index (Phi) is 6.06. The summed E-state index contributed by atoms with van der Waals surface area (Å²) in [5.41, 5.74) is 0. The molecule has 0 rings (SSSR count). The minimum atomic E-state index is -4.56. The van der Waals surface area contributed by atoms with E-state index in [-0.39, 0.29) is 12.5 Å². The van der Waals surface area contributed by atoms with Gasteiger partial charge in [-0.3, -0.25) is 0 Å². The summed E-state index contributed by atoms with van der Waals surface area (Å²) in [6.07, 6.45) is -6.34. The summed E-state index contributed by atoms with van der Waals surface area (Å²) in [6.45, 7) is 1.68. The minimum Gasteiger partial charge on any atom is -0.396 e. The van der Waals surface area contributed by atoms with Crippen molar-refractivity contribution in [3.05, 3.63) is 0 Å². The summed E-state index contributed by atoms with van der Waals surface area (Å²) in [5.74, 6) is 0.0976. The Morgan fingerprint density at radius 2 is 1.86 bits per heavy atom. The highest BCUT2D eigenvalue weighted by Crippen LogP contribution is 2.19. The summed E-state index contributed by atoms with van der Waals surface area (Å²) in [7, 11) is 0. The Hall–Kier alpha value is -0.330. The summed E-state index contributed by atoms with van der Waals surface area (Å²) < 4.78 is 35.4. The SMILES string of the molecule is CC(CCO)CNCC(O)C(F)(F)F. The van der Waals surface area contributed by atoms with E-state index in [9.17, 15) is 13.2 Å². The van der Waals surface area contributed by atoms with Gasteiger partial charge >= 0.3 is 6.18 Å². The van der Waals surface area contributed by atoms with Crippen molar-refractivity contribution >= 4 is 0 Å². The van der Waals surface area contributed by atoms with Crippen LogP contribution in [0.15, 0.2) is 0 Å². The third-order valence-electron chi connectivity index (χ3n) is 1.83. The Labute approximate surface area is 80.9 Å². The van der Waals surface area contributed by atoms with Gasteiger partial charge in [0, 0.05) is 13.2 Å². The third-order valence-corrected chi connectivity index (χ3v) is 1.83. The topological polar surface area (TPSA) is 52.5 Å². The second-order valence-electron chi connectivity index (χ2n) is 3.33. The first-order chi connectivity index (χ1) is 6.38. The Balaban J connectivity index is 3.54. The van der Waals surface area contributed by atoms with E-state index in [4.69, 9.17) is 10.2 Å². The second-order valence-corrected chi connectivity index (χ2v) is 3.33. The van der Waals surface area contributed by atoms with E-state index in [2.05, 4.69) is 5.32 Å². The van der Waals surface area contributed by atoms with Gasteiger partial charge < -0.3 is 15.5 Å². The van der Waals surface area contributed by atoms with E-state index < -0.39 is 18.8 Å². The van der Waals surface area contributed by atoms with E-state index in [0.717, 1.165) is 0 Å². The summed E-state index contributed by atoms with van der Waals surface area (Å²) >= 11 is 0. The van der Waals surface area contributed by atoms with Crippen LogP contribution in [0.1, 0.15) is 13.3 Å². The molecule has 0 aromatic rings. The Bertz CT molecular complexity index is 152. The number of rotatable bonds is 6. The highest BCUT2D eigenvalue weighted by molar-refractivity contribution is 4.68. The maximum Gasteiger partial charge on any atom is 0.415 e. The van der Waals surface area contributed by atoms with Crippen molar-refractivity contribution in [2.45, 2.75) is 25.6 Å². The molecule has 0 aromatic heterocycles. The van der Waals surface area contributed by atoms with E-state index in [0.29, 0.717) is 13.0 Å². The number of hydrogen-bond acceptors (Lipinski definition) is 3. The fraction of sp³-hybridized carbons (Fsp3) is 1.00. The van der Waals surface area contributed by atoms with Crippen molar-refractivity contribution in [3.63, 3.8) is 0 Å². The van der Waals surface area contributed by atoms with Gasteiger partial charge in [0.15, 0.2) is 6.10 Å². The number of nitrogens with one attached hydrogen (secondary N) is 1. The van der Waals surface area contributed by atoms with Gasteiger partial charge in [0.1, 0.15) is 0 Å². The van der Waals surface area contributed by atoms with Gasteiger partial charge in [-0.15, -0.1) is 0 Å². The van der Waals surface area contributed by atoms with Crippen molar-refractivity contribution < 1.29 is 23.4 Å². The first-order valence-corrected chi connectivity index (χ1v) is 4.44. The lowest BCUT2D eigenvalue weighted by Crippen LogP contribution is -2.39. The number of alkyl halides is 3. The van der Waals surface area contributed by atoms with Crippen LogP contribution in [0.4, 0.5) is 13.2 Å². The molecule has 6 heteroatoms. The van der Waals surface area contributed by atoms with Crippen LogP contribution >= 0.6 is 0 Å². The lowest BCUT2D eigenvalue weighted by Gasteiger charge is -2.16. The van der Waals surface area contributed by atoms with Gasteiger partial charge in [0.25, 0.3) is 0 Å². The number of halogens is 3. The molecule has 0 aromatic carbocycles. The van der Waals surface area contributed by atoms with Gasteiger partial charge in [0.05, 0.1) is 0 Å². The standard InChI is InChI=1S/C8H16F3NO2/c1-6(2-3-13)4-12-5-7(14)8(9,10)11/h6-7,12-14H,2-5H2,1H3. The zero-order valence-corrected chi connectivity index (χ0v) is 8.01. The smallest absolute Gasteiger partial charge is 0.396 e. The maximum atomic E-state index is 11.8. The molecule has 0 fully saturated rings. The number of hydrogen-bond donors (Lipinski definition) is 3. The molecule has 14 heavy (non-hydrogen) atoms. The van der Waals surface area contributed by atoms with Gasteiger partial charge in [-0.05, 0) is 18.9 Å². The molecule has 0 heterocycles. The molecule has 2 unspecified atom stereocenters. The molecule has 0 bridgehead atoms. The maximum absolute atomic E-state index is 11.8. The predicted molar refractivity (Wildman–Crippen MR) is 45.8 cm³/mol. The van der Waals surface area contributed by atoms with Crippen molar-refractivity contribution in [1.29, 1.82) is 0 Å². The molecule has 0 saturated heterocycles. The van der Waals surface area contributed by atoms with E-state index in [1.54, 1.807) is 0 Å². The van der Waals surface area contributed by atoms with Crippen LogP contribution in [0.3, 0.4) is 0 Å². The van der Waals surface area contributed by atoms with Crippen molar-refractivity contribution in [3.8, 4) is 0 Å². The largest absolute Gasteiger partial charge is 0.415 e. The Morgan fingerprint density at radius 3 is 2.29 bits per heavy atom. The highest BCUT2D eigenvalue weighted by atomic mass is 19.4. The molecule has 0 saturated carbocycles. The molecular weight excluding hydrogens is 199 g/mol. The first kappa shape index (κ1) is 13.7. The van der Waals surface area contributed by atoms with Crippen LogP contribution in [0, 0.1) is 5.92 Å². The average Bonchev–Trinajstić information content (AvgIpc) is 2.02. The number of aliphatic hydroxyl groups is 2. The van der Waals surface area contributed by atoms with Crippen LogP contribution < -0.4 is 5.32 Å². The summed E-state index contributed by atoms with van der Waals surface area (Å²) in [4.78, 5) is 0. The van der Waals surface area contributed by atoms with Crippen LogP contribution in [0.2, 0.25) is 0 Å². The van der Waals surface area contributed by atoms with Gasteiger partial charge in [-0.25, -0.2) is 0 Å². The minimum absolute atomic E-state index is 0.0185. The molecule has 2 atom stereocenters. The lowest BCUT2D eigenvalue weighted by atomic mass is 10.1. The molecule has 3 nitrogen and oxygen atoms in total. The lowest BCUT2D eigenvalue weighted by molar-refractivity contribution is -0.201. The normalized spacial score (nSPS) is 16.7. The van der Waals surface area contributed by atoms with Crippen LogP contribution in [-0.4, -0.2) is 42.2 Å². The molecule has 0 aliphatic heterocycles. The van der Waals surface area contributed by atoms with Crippen molar-refractivity contribution in [2.75, 3.05) is 19.7 Å². The molecule has 0 aliphatic rings. The fourth-order valence-corrected chi connectivity index (χ4v) is 0.905. The number of aliphatic hydroxyl groups excluding tert-OH is 2. The van der Waals surface area contributed by atoms with Crippen LogP contribution in [0.25, 0.3) is 0 Å². The van der Waals surface area contributed by atoms with Crippen LogP contribution in [-0.2, 0) is 0 Å². The summed E-state index contributed by atoms with van der Waals surface area (Å²) in [6, 6.07) is 0. The molecule has 3 N–H and O–H groups in total. The molecule has 86 valence electrons. The van der Waals surface area contributed by atoms with Gasteiger partial charge in [-0.2, -0.15) is 13.2 Å². The van der Waals surface area contributed by atoms with Gasteiger partial charge in [-0.1, -0.05) is 6.92 Å². The molecule has 0 spiro atoms. The van der Waals surface area contributed by atoms with Gasteiger partial charge in [0.2, 0.25) is 0 Å². The molecule has 0 radical (unpaired) electrons. The van der Waals surface area contributed by atoms with E-state index >= 15 is 0 Å². The fourth-order valence-electron chi connectivity index (χ4n) is 0.905. The zero-order chi connectivity index (χ0) is 11.2. The first-order valence-electron chi connectivity index (χ1n) is 4.44.